The first-order chi connectivity index (χ1) is 44.8. The van der Waals surface area contributed by atoms with Crippen LogP contribution in [0.4, 0.5) is 14.6 Å². The molecule has 0 unspecified atom stereocenters. The molecule has 8 aromatic rings. The minimum absolute atomic E-state index is 0.217. The third-order valence-corrected chi connectivity index (χ3v) is 17.6. The predicted octanol–water partition coefficient (Wildman–Crippen LogP) is 13.6. The van der Waals surface area contributed by atoms with E-state index in [1.54, 1.807) is 42.7 Å². The summed E-state index contributed by atoms with van der Waals surface area (Å²) in [6.07, 6.45) is 33.2. The second kappa shape index (κ2) is 33.5. The molecule has 6 aromatic heterocycles. The van der Waals surface area contributed by atoms with Crippen LogP contribution in [0, 0.1) is 31.4 Å². The SMILES string of the molecule is C=C(Nc1nccc(-c2cc(F)cc(CCCN3CCCC3)c2)c1C)c1n[nH]/c(=C/C=C(\C)c2cncc(CNCC3CCCC3)c2)c1=C.C=C/C=C(/c1cc(F)cc(CCCN2CCCC2)c1)c1nc(-c2n[nH]/c(=C/C=C(\C)c3ccccn3)c2=C)[nH]c1C.CC. The molecule has 2 aliphatic heterocycles. The summed E-state index contributed by atoms with van der Waals surface area (Å²) in [5.74, 6) is 1.60. The van der Waals surface area contributed by atoms with Gasteiger partial charge in [0, 0.05) is 53.0 Å². The van der Waals surface area contributed by atoms with Crippen LogP contribution < -0.4 is 31.8 Å². The number of halogens is 2. The van der Waals surface area contributed by atoms with Crippen LogP contribution in [-0.2, 0) is 19.4 Å². The van der Waals surface area contributed by atoms with E-state index in [4.69, 9.17) is 4.98 Å². The van der Waals surface area contributed by atoms with Crippen LogP contribution in [0.25, 0.3) is 70.4 Å². The first-order valence-corrected chi connectivity index (χ1v) is 33.0. The van der Waals surface area contributed by atoms with Gasteiger partial charge in [0.25, 0.3) is 0 Å². The van der Waals surface area contributed by atoms with Crippen LogP contribution in [0.1, 0.15) is 148 Å². The van der Waals surface area contributed by atoms with Gasteiger partial charge < -0.3 is 25.4 Å². The Morgan fingerprint density at radius 1 is 0.696 bits per heavy atom. The maximum absolute atomic E-state index is 14.8. The summed E-state index contributed by atoms with van der Waals surface area (Å²) in [6, 6.07) is 20.6. The lowest BCUT2D eigenvalue weighted by molar-refractivity contribution is 0.334. The first-order valence-electron chi connectivity index (χ1n) is 33.0. The Labute approximate surface area is 542 Å². The summed E-state index contributed by atoms with van der Waals surface area (Å²) in [4.78, 5) is 26.7. The molecular weight excluding hydrogens is 1140 g/mol. The van der Waals surface area contributed by atoms with E-state index < -0.39 is 0 Å². The van der Waals surface area contributed by atoms with E-state index in [0.717, 1.165) is 152 Å². The Bertz CT molecular complexity index is 4110. The zero-order chi connectivity index (χ0) is 64.9. The second-order valence-corrected chi connectivity index (χ2v) is 24.4. The topological polar surface area (TPSA) is 155 Å². The second-order valence-electron chi connectivity index (χ2n) is 24.4. The van der Waals surface area contributed by atoms with E-state index in [-0.39, 0.29) is 11.6 Å². The molecule has 2 aromatic carbocycles. The smallest absolute Gasteiger partial charge is 0.159 e. The zero-order valence-electron chi connectivity index (χ0n) is 55.0. The average Bonchev–Trinajstić information content (AvgIpc) is 1.61. The fourth-order valence-electron chi connectivity index (χ4n) is 12.5. The summed E-state index contributed by atoms with van der Waals surface area (Å²) >= 11 is 0. The van der Waals surface area contributed by atoms with Gasteiger partial charge in [-0.05, 0) is 260 Å². The van der Waals surface area contributed by atoms with Gasteiger partial charge in [-0.1, -0.05) is 95.5 Å². The number of pyridine rings is 3. The number of H-pyrrole nitrogens is 3. The van der Waals surface area contributed by atoms with Crippen LogP contribution in [-0.4, -0.2) is 101 Å². The highest BCUT2D eigenvalue weighted by atomic mass is 19.1. The number of aromatic nitrogens is 9. The molecule has 0 radical (unpaired) electrons. The Morgan fingerprint density at radius 3 is 2.03 bits per heavy atom. The van der Waals surface area contributed by atoms with E-state index in [0.29, 0.717) is 28.7 Å². The van der Waals surface area contributed by atoms with E-state index in [1.165, 1.54) is 83.1 Å². The van der Waals surface area contributed by atoms with Crippen molar-refractivity contribution in [3.05, 3.63) is 218 Å². The van der Waals surface area contributed by atoms with Gasteiger partial charge in [-0.3, -0.25) is 20.2 Å². The fourth-order valence-corrected chi connectivity index (χ4v) is 12.5. The van der Waals surface area contributed by atoms with Crippen LogP contribution in [0.15, 0.2) is 129 Å². The quantitative estimate of drug-likeness (QED) is 0.0369. The number of benzene rings is 2. The molecule has 1 aliphatic carbocycles. The maximum Gasteiger partial charge on any atom is 0.159 e. The van der Waals surface area contributed by atoms with Gasteiger partial charge in [0.2, 0.25) is 0 Å². The highest BCUT2D eigenvalue weighted by Crippen LogP contribution is 2.32. The molecule has 1 saturated carbocycles. The van der Waals surface area contributed by atoms with Gasteiger partial charge in [0.1, 0.15) is 28.8 Å². The third-order valence-electron chi connectivity index (χ3n) is 17.6. The van der Waals surface area contributed by atoms with Gasteiger partial charge in [-0.15, -0.1) is 0 Å². The van der Waals surface area contributed by atoms with E-state index >= 15 is 0 Å². The van der Waals surface area contributed by atoms with E-state index in [9.17, 15) is 8.78 Å². The molecule has 92 heavy (non-hydrogen) atoms. The Balaban J connectivity index is 0.000000215. The molecule has 480 valence electrons. The number of nitrogens with one attached hydrogen (secondary N) is 5. The molecule has 5 N–H and O–H groups in total. The number of hydrogen-bond donors (Lipinski definition) is 5. The molecular formula is C77H93F2N13. The van der Waals surface area contributed by atoms with Crippen molar-refractivity contribution in [1.82, 2.24) is 60.4 Å². The van der Waals surface area contributed by atoms with Gasteiger partial charge in [0.05, 0.1) is 27.8 Å². The molecule has 3 aliphatic rings. The molecule has 15 heteroatoms. The standard InChI is InChI=1S/C41H50FN7.C34H37FN6.C2H6/c1-28(36-21-34(26-44-27-36)25-43-24-32-10-5-6-11-32)13-14-39-30(3)40(48-47-39)31(4)46-41-29(2)38(15-16-45-41)35-20-33(22-37(42)23-35)12-9-19-49-17-7-8-18-49;1-5-11-29(27-20-26(21-28(35)22-27)12-10-19-41-17-8-9-18-41)33-25(4)37-34(38-33)32-24(3)31(39-40-32)15-14-23(2)30-13-6-7-16-36-30;1-2/h13-16,20-23,26-27,32,43,47H,3-12,17-19,24-25H2,1-2H3,(H,45,46);5-7,11,13-16,20-22,39H,1,3,8-10,12,17-19H2,2,4H3,(H,37,38);1-2H3/b28-13+,39-14+;23-14+,29-11-,31-15+;. The summed E-state index contributed by atoms with van der Waals surface area (Å²) in [6.45, 7) is 37.5. The fraction of sp³-hybridized carbons (Fsp3) is 0.351. The molecule has 11 rings (SSSR count). The van der Waals surface area contributed by atoms with Gasteiger partial charge >= 0.3 is 0 Å². The van der Waals surface area contributed by atoms with E-state index in [2.05, 4.69) is 118 Å². The lowest BCUT2D eigenvalue weighted by atomic mass is 9.97. The van der Waals surface area contributed by atoms with E-state index in [1.807, 2.05) is 95.6 Å². The van der Waals surface area contributed by atoms with Crippen molar-refractivity contribution in [1.29, 1.82) is 0 Å². The van der Waals surface area contributed by atoms with Crippen molar-refractivity contribution < 1.29 is 8.78 Å². The molecule has 8 heterocycles. The third kappa shape index (κ3) is 18.3. The molecule has 0 spiro atoms. The zero-order valence-corrected chi connectivity index (χ0v) is 55.0. The van der Waals surface area contributed by atoms with Crippen molar-refractivity contribution in [2.75, 3.05) is 51.1 Å². The van der Waals surface area contributed by atoms with Crippen molar-refractivity contribution in [3.8, 4) is 22.6 Å². The number of rotatable bonds is 24. The normalized spacial score (nSPS) is 15.4. The number of allylic oxidation sites excluding steroid dienone is 6. The number of anilines is 1. The van der Waals surface area contributed by atoms with Crippen LogP contribution in [0.2, 0.25) is 0 Å². The summed E-state index contributed by atoms with van der Waals surface area (Å²) in [5.41, 5.74) is 15.0. The Kier molecular flexibility index (Phi) is 24.6. The largest absolute Gasteiger partial charge is 0.340 e. The number of hydrogen-bond acceptors (Lipinski definition) is 10. The number of likely N-dealkylation sites (tertiary alicyclic amines) is 2. The van der Waals surface area contributed by atoms with Crippen molar-refractivity contribution >= 4 is 53.5 Å². The summed E-state index contributed by atoms with van der Waals surface area (Å²) in [5, 5.41) is 25.2. The minimum atomic E-state index is -0.247. The molecule has 3 fully saturated rings. The number of aromatic amines is 3. The monoisotopic (exact) mass is 1240 g/mol. The molecule has 2 saturated heterocycles. The van der Waals surface area contributed by atoms with Crippen molar-refractivity contribution in [3.63, 3.8) is 0 Å². The lowest BCUT2D eigenvalue weighted by Gasteiger charge is -2.15. The van der Waals surface area contributed by atoms with Gasteiger partial charge in [-0.25, -0.2) is 18.7 Å². The number of nitrogens with zero attached hydrogens (tertiary/aromatic N) is 8. The minimum Gasteiger partial charge on any atom is -0.340 e. The Morgan fingerprint density at radius 2 is 1.35 bits per heavy atom. The molecule has 0 atom stereocenters. The number of aryl methyl sites for hydroxylation is 3. The van der Waals surface area contributed by atoms with Gasteiger partial charge in [0.15, 0.2) is 5.82 Å². The Hall–Kier alpha value is -8.76. The maximum atomic E-state index is 14.8. The lowest BCUT2D eigenvalue weighted by Crippen LogP contribution is -2.23. The first kappa shape index (κ1) is 67.6. The summed E-state index contributed by atoms with van der Waals surface area (Å²) < 4.78 is 29.6. The average molecular weight is 1240 g/mol. The summed E-state index contributed by atoms with van der Waals surface area (Å²) in [7, 11) is 0. The number of imidazole rings is 1. The van der Waals surface area contributed by atoms with Crippen molar-refractivity contribution in [2.45, 2.75) is 125 Å². The molecule has 13 nitrogen and oxygen atoms in total. The van der Waals surface area contributed by atoms with Gasteiger partial charge in [-0.2, -0.15) is 10.2 Å². The van der Waals surface area contributed by atoms with Crippen LogP contribution in [0.3, 0.4) is 0 Å². The predicted molar refractivity (Wildman–Crippen MR) is 377 cm³/mol. The molecule has 0 bridgehead atoms. The molecule has 0 amide bonds. The van der Waals surface area contributed by atoms with Crippen molar-refractivity contribution in [2.24, 2.45) is 5.92 Å². The highest BCUT2D eigenvalue weighted by Gasteiger charge is 2.20. The van der Waals surface area contributed by atoms with Crippen LogP contribution >= 0.6 is 0 Å². The van der Waals surface area contributed by atoms with Crippen LogP contribution in [0.5, 0.6) is 0 Å². The highest BCUT2D eigenvalue weighted by molar-refractivity contribution is 5.82.